The molecular formula is C14H25I. The molecule has 0 saturated carbocycles. The third-order valence-electron chi connectivity index (χ3n) is 4.10. The molecule has 0 unspecified atom stereocenters. The van der Waals surface area contributed by atoms with Crippen molar-refractivity contribution in [3.05, 3.63) is 22.3 Å². The second kappa shape index (κ2) is 4.60. The summed E-state index contributed by atoms with van der Waals surface area (Å²) in [5, 5.41) is 0. The van der Waals surface area contributed by atoms with E-state index in [0.717, 1.165) is 13.8 Å². The molecule has 3 atom stereocenters. The van der Waals surface area contributed by atoms with Crippen LogP contribution in [-0.2, 0) is 0 Å². The maximum absolute atomic E-state index is 4.04. The second-order valence-electron chi connectivity index (χ2n) is 5.14. The van der Waals surface area contributed by atoms with Gasteiger partial charge in [-0.25, -0.2) is 0 Å². The zero-order chi connectivity index (χ0) is 11.8. The molecule has 0 bridgehead atoms. The molecule has 1 heteroatoms. The standard InChI is InChI=1S/C14H25I/c1-8-14(7)11(4)9-15(10(2)3)13(6)12(14)5/h8-10,12-13H,1H2,2-7H3/t12-,13-,14+/m1/s1. The van der Waals surface area contributed by atoms with Gasteiger partial charge in [-0.15, -0.1) is 0 Å². The van der Waals surface area contributed by atoms with Gasteiger partial charge < -0.3 is 0 Å². The summed E-state index contributed by atoms with van der Waals surface area (Å²) < 4.78 is 4.44. The first kappa shape index (κ1) is 13.3. The van der Waals surface area contributed by atoms with E-state index >= 15 is 0 Å². The zero-order valence-corrected chi connectivity index (χ0v) is 13.1. The average molecular weight is 320 g/mol. The van der Waals surface area contributed by atoms with Gasteiger partial charge in [0.25, 0.3) is 0 Å². The summed E-state index contributed by atoms with van der Waals surface area (Å²) in [7, 11) is 0. The third kappa shape index (κ3) is 2.17. The molecule has 0 aromatic rings. The molecule has 88 valence electrons. The van der Waals surface area contributed by atoms with E-state index in [-0.39, 0.29) is 5.41 Å². The van der Waals surface area contributed by atoms with Crippen molar-refractivity contribution in [3.8, 4) is 0 Å². The predicted octanol–water partition coefficient (Wildman–Crippen LogP) is 5.04. The summed E-state index contributed by atoms with van der Waals surface area (Å²) >= 11 is -0.900. The molecule has 0 spiro atoms. The summed E-state index contributed by atoms with van der Waals surface area (Å²) in [6, 6.07) is 0. The van der Waals surface area contributed by atoms with Gasteiger partial charge in [0.15, 0.2) is 0 Å². The molecule has 1 heterocycles. The van der Waals surface area contributed by atoms with Crippen LogP contribution in [0.4, 0.5) is 0 Å². The fourth-order valence-corrected chi connectivity index (χ4v) is 9.63. The van der Waals surface area contributed by atoms with Crippen molar-refractivity contribution >= 4 is 19.8 Å². The van der Waals surface area contributed by atoms with Crippen molar-refractivity contribution in [2.75, 3.05) is 0 Å². The summed E-state index contributed by atoms with van der Waals surface area (Å²) in [4.78, 5) is 0. The summed E-state index contributed by atoms with van der Waals surface area (Å²) in [6.07, 6.45) is 2.16. The molecule has 0 aromatic heterocycles. The molecule has 1 aliphatic rings. The van der Waals surface area contributed by atoms with Crippen LogP contribution >= 0.6 is 19.8 Å². The van der Waals surface area contributed by atoms with E-state index in [9.17, 15) is 0 Å². The molecule has 1 rings (SSSR count). The fraction of sp³-hybridized carbons (Fsp3) is 0.714. The summed E-state index contributed by atoms with van der Waals surface area (Å²) in [5.74, 6) is 0.757. The third-order valence-corrected chi connectivity index (χ3v) is 12.0. The van der Waals surface area contributed by atoms with Gasteiger partial charge in [0.05, 0.1) is 0 Å². The molecule has 1 aliphatic heterocycles. The first-order chi connectivity index (χ1) is 6.84. The minimum absolute atomic E-state index is 0.238. The summed E-state index contributed by atoms with van der Waals surface area (Å²) in [5.41, 5.74) is 1.81. The first-order valence-corrected chi connectivity index (χ1v) is 9.56. The number of alkyl halides is 2. The molecule has 0 amide bonds. The molecule has 0 radical (unpaired) electrons. The van der Waals surface area contributed by atoms with Crippen LogP contribution in [0.3, 0.4) is 0 Å². The molecule has 0 N–H and O–H groups in total. The number of hydrogen-bond donors (Lipinski definition) is 0. The van der Waals surface area contributed by atoms with Crippen LogP contribution in [0.15, 0.2) is 22.3 Å². The monoisotopic (exact) mass is 320 g/mol. The van der Waals surface area contributed by atoms with Gasteiger partial charge in [-0.05, 0) is 0 Å². The molecule has 0 fully saturated rings. The van der Waals surface area contributed by atoms with Crippen LogP contribution in [-0.4, -0.2) is 7.85 Å². The Kier molecular flexibility index (Phi) is 4.07. The molecule has 15 heavy (non-hydrogen) atoms. The number of allylic oxidation sites excluding steroid dienone is 2. The topological polar surface area (TPSA) is 0 Å². The van der Waals surface area contributed by atoms with Crippen LogP contribution in [0.2, 0.25) is 0 Å². The SMILES string of the molecule is C=C[C@@]1(C)C(C)=CI(C(C)C)[C@H](C)[C@H]1C. The van der Waals surface area contributed by atoms with E-state index in [1.165, 1.54) is 0 Å². The predicted molar refractivity (Wildman–Crippen MR) is 79.8 cm³/mol. The van der Waals surface area contributed by atoms with Crippen molar-refractivity contribution in [3.63, 3.8) is 0 Å². The number of halogens is 1. The summed E-state index contributed by atoms with van der Waals surface area (Å²) in [6.45, 7) is 18.4. The second-order valence-corrected chi connectivity index (χ2v) is 12.4. The van der Waals surface area contributed by atoms with E-state index in [0.29, 0.717) is 0 Å². The maximum atomic E-state index is 4.04. The van der Waals surface area contributed by atoms with Crippen molar-refractivity contribution < 1.29 is 0 Å². The van der Waals surface area contributed by atoms with Gasteiger partial charge in [-0.1, -0.05) is 0 Å². The van der Waals surface area contributed by atoms with Crippen LogP contribution < -0.4 is 0 Å². The van der Waals surface area contributed by atoms with Gasteiger partial charge in [0.2, 0.25) is 0 Å². The van der Waals surface area contributed by atoms with E-state index in [4.69, 9.17) is 0 Å². The van der Waals surface area contributed by atoms with Gasteiger partial charge in [-0.2, -0.15) is 0 Å². The Labute approximate surface area is 103 Å². The van der Waals surface area contributed by atoms with Gasteiger partial charge in [0, 0.05) is 0 Å². The zero-order valence-electron chi connectivity index (χ0n) is 11.0. The quantitative estimate of drug-likeness (QED) is 0.380. The van der Waals surface area contributed by atoms with E-state index in [2.05, 4.69) is 58.3 Å². The Bertz CT molecular complexity index is 277. The number of rotatable bonds is 2. The molecule has 0 aliphatic carbocycles. The normalized spacial score (nSPS) is 39.1. The average Bonchev–Trinajstić information content (AvgIpc) is 2.20. The molecular weight excluding hydrogens is 295 g/mol. The fourth-order valence-electron chi connectivity index (χ4n) is 2.33. The van der Waals surface area contributed by atoms with Crippen LogP contribution in [0.25, 0.3) is 0 Å². The Hall–Kier alpha value is 0.210. The molecule has 0 aromatic carbocycles. The van der Waals surface area contributed by atoms with E-state index < -0.39 is 19.8 Å². The van der Waals surface area contributed by atoms with Gasteiger partial charge in [0.1, 0.15) is 0 Å². The minimum atomic E-state index is -0.900. The van der Waals surface area contributed by atoms with Crippen molar-refractivity contribution in [1.82, 2.24) is 0 Å². The Balaban J connectivity index is 3.13. The Morgan fingerprint density at radius 1 is 1.47 bits per heavy atom. The van der Waals surface area contributed by atoms with Crippen LogP contribution in [0.1, 0.15) is 41.5 Å². The van der Waals surface area contributed by atoms with Crippen molar-refractivity contribution in [1.29, 1.82) is 0 Å². The van der Waals surface area contributed by atoms with E-state index in [1.807, 2.05) is 0 Å². The Morgan fingerprint density at radius 3 is 2.40 bits per heavy atom. The molecule has 0 nitrogen and oxygen atoms in total. The van der Waals surface area contributed by atoms with Crippen molar-refractivity contribution in [2.24, 2.45) is 11.3 Å². The van der Waals surface area contributed by atoms with Crippen molar-refractivity contribution in [2.45, 2.75) is 49.4 Å². The van der Waals surface area contributed by atoms with Gasteiger partial charge >= 0.3 is 103 Å². The Morgan fingerprint density at radius 2 is 2.00 bits per heavy atom. The number of hydrogen-bond acceptors (Lipinski definition) is 0. The van der Waals surface area contributed by atoms with Crippen LogP contribution in [0.5, 0.6) is 0 Å². The van der Waals surface area contributed by atoms with E-state index in [1.54, 1.807) is 5.57 Å². The van der Waals surface area contributed by atoms with Crippen LogP contribution in [0, 0.1) is 11.3 Å². The van der Waals surface area contributed by atoms with Gasteiger partial charge in [-0.3, -0.25) is 0 Å². The first-order valence-electron chi connectivity index (χ1n) is 5.82. The molecule has 0 saturated heterocycles.